The predicted octanol–water partition coefficient (Wildman–Crippen LogP) is -3.16. The molecular formula is C13H25BrClN7O. The van der Waals surface area contributed by atoms with Gasteiger partial charge in [-0.3, -0.25) is 4.79 Å². The van der Waals surface area contributed by atoms with E-state index in [0.29, 0.717) is 13.1 Å². The molecule has 1 amide bonds. The number of nitrogens with two attached hydrogens (primary N) is 3. The van der Waals surface area contributed by atoms with E-state index in [2.05, 4.69) is 29.4 Å². The zero-order valence-electron chi connectivity index (χ0n) is 13.5. The van der Waals surface area contributed by atoms with E-state index in [0.717, 1.165) is 30.4 Å². The molecule has 0 fully saturated rings. The number of hydrogen-bond donors (Lipinski definition) is 4. The van der Waals surface area contributed by atoms with Gasteiger partial charge in [0.15, 0.2) is 22.5 Å². The Labute approximate surface area is 152 Å². The number of anilines is 2. The molecule has 0 aliphatic heterocycles. The molecule has 23 heavy (non-hydrogen) atoms. The number of halogens is 2. The average molecular weight is 411 g/mol. The van der Waals surface area contributed by atoms with Crippen LogP contribution in [0.2, 0.25) is 5.15 Å². The van der Waals surface area contributed by atoms with Crippen molar-refractivity contribution in [3.05, 3.63) is 10.8 Å². The van der Waals surface area contributed by atoms with Gasteiger partial charge in [0.1, 0.15) is 0 Å². The van der Waals surface area contributed by atoms with Gasteiger partial charge in [0.05, 0.1) is 33.7 Å². The molecule has 7 N–H and O–H groups in total. The number of carbonyl (C=O) groups excluding carboxylic acids is 1. The quantitative estimate of drug-likeness (QED) is 0.264. The maximum atomic E-state index is 12.1. The van der Waals surface area contributed by atoms with E-state index >= 15 is 0 Å². The van der Waals surface area contributed by atoms with Gasteiger partial charge in [-0.15, -0.1) is 0 Å². The van der Waals surface area contributed by atoms with Crippen LogP contribution in [0.15, 0.2) is 0 Å². The molecule has 0 bridgehead atoms. The van der Waals surface area contributed by atoms with E-state index in [4.69, 9.17) is 28.8 Å². The van der Waals surface area contributed by atoms with Crippen LogP contribution in [-0.2, 0) is 0 Å². The molecule has 10 heteroatoms. The van der Waals surface area contributed by atoms with Gasteiger partial charge in [0.2, 0.25) is 0 Å². The van der Waals surface area contributed by atoms with E-state index in [9.17, 15) is 4.79 Å². The maximum Gasteiger partial charge on any atom is 0.273 e. The van der Waals surface area contributed by atoms with Gasteiger partial charge in [-0.25, -0.2) is 9.97 Å². The Morgan fingerprint density at radius 3 is 2.43 bits per heavy atom. The Bertz CT molecular complexity index is 527. The summed E-state index contributed by atoms with van der Waals surface area (Å²) in [4.78, 5) is 19.7. The largest absolute Gasteiger partial charge is 1.00 e. The zero-order chi connectivity index (χ0) is 16.8. The number of rotatable bonds is 8. The van der Waals surface area contributed by atoms with Gasteiger partial charge >= 0.3 is 0 Å². The highest BCUT2D eigenvalue weighted by Crippen LogP contribution is 2.17. The summed E-state index contributed by atoms with van der Waals surface area (Å²) in [6.45, 7) is 2.99. The molecule has 0 saturated heterocycles. The molecule has 0 saturated carbocycles. The zero-order valence-corrected chi connectivity index (χ0v) is 15.8. The van der Waals surface area contributed by atoms with E-state index in [-0.39, 0.29) is 39.5 Å². The molecule has 0 spiro atoms. The van der Waals surface area contributed by atoms with Crippen LogP contribution in [0, 0.1) is 0 Å². The average Bonchev–Trinajstić information content (AvgIpc) is 2.42. The Balaban J connectivity index is 0.00000484. The van der Waals surface area contributed by atoms with E-state index in [1.807, 2.05) is 0 Å². The number of nitrogen functional groups attached to an aromatic ring is 2. The molecule has 0 atom stereocenters. The number of nitrogens with zero attached hydrogens (tertiary/aromatic N) is 3. The third-order valence-electron chi connectivity index (χ3n) is 3.34. The van der Waals surface area contributed by atoms with Crippen LogP contribution in [0.1, 0.15) is 23.3 Å². The number of likely N-dealkylation sites (N-methyl/N-ethyl adjacent to an activating group) is 1. The number of amides is 1. The van der Waals surface area contributed by atoms with Gasteiger partial charge in [-0.1, -0.05) is 11.6 Å². The van der Waals surface area contributed by atoms with Crippen molar-refractivity contribution in [1.82, 2.24) is 15.3 Å². The fourth-order valence-corrected chi connectivity index (χ4v) is 2.09. The minimum absolute atomic E-state index is 0. The Morgan fingerprint density at radius 2 is 1.83 bits per heavy atom. The third kappa shape index (κ3) is 7.30. The second-order valence-corrected chi connectivity index (χ2v) is 6.13. The standard InChI is InChI=1S/C13H24ClN7O.BrH/c1-21(2,7-4-3-5-15)8-6-18-13(22)9-11(16)20-12(17)10(14)19-9;/h3-8,15H2,1-2H3,(H4-,16,17,18,20,22);1H. The molecule has 1 rings (SSSR count). The van der Waals surface area contributed by atoms with Gasteiger partial charge in [-0.05, 0) is 19.4 Å². The number of nitrogens with one attached hydrogen (secondary N) is 1. The van der Waals surface area contributed by atoms with Gasteiger partial charge in [0.25, 0.3) is 5.91 Å². The Kier molecular flexibility index (Phi) is 9.37. The summed E-state index contributed by atoms with van der Waals surface area (Å²) in [6, 6.07) is 0. The molecule has 8 nitrogen and oxygen atoms in total. The molecule has 1 aromatic heterocycles. The van der Waals surface area contributed by atoms with Crippen molar-refractivity contribution in [1.29, 1.82) is 0 Å². The van der Waals surface area contributed by atoms with Crippen LogP contribution >= 0.6 is 11.6 Å². The van der Waals surface area contributed by atoms with E-state index < -0.39 is 5.91 Å². The highest BCUT2D eigenvalue weighted by molar-refractivity contribution is 6.31. The summed E-state index contributed by atoms with van der Waals surface area (Å²) in [5.41, 5.74) is 16.6. The van der Waals surface area contributed by atoms with Crippen molar-refractivity contribution in [3.8, 4) is 0 Å². The SMILES string of the molecule is C[N+](C)(CCCCN)CCNC(=O)c1nc(Cl)c(N)nc1N.[Br-]. The second kappa shape index (κ2) is 9.86. The van der Waals surface area contributed by atoms with Crippen LogP contribution in [0.5, 0.6) is 0 Å². The van der Waals surface area contributed by atoms with Crippen molar-refractivity contribution in [3.63, 3.8) is 0 Å². The van der Waals surface area contributed by atoms with Gasteiger partial charge < -0.3 is 44.0 Å². The van der Waals surface area contributed by atoms with Crippen molar-refractivity contribution >= 4 is 29.1 Å². The summed E-state index contributed by atoms with van der Waals surface area (Å²) in [6.07, 6.45) is 2.06. The molecule has 0 aromatic carbocycles. The summed E-state index contributed by atoms with van der Waals surface area (Å²) >= 11 is 5.76. The smallest absolute Gasteiger partial charge is 0.273 e. The maximum absolute atomic E-state index is 12.1. The monoisotopic (exact) mass is 409 g/mol. The first-order chi connectivity index (χ1) is 10.3. The molecule has 0 unspecified atom stereocenters. The molecule has 1 heterocycles. The van der Waals surface area contributed by atoms with Gasteiger partial charge in [0, 0.05) is 0 Å². The summed E-state index contributed by atoms with van der Waals surface area (Å²) in [7, 11) is 4.22. The molecule has 1 aromatic rings. The van der Waals surface area contributed by atoms with Crippen LogP contribution in [-0.4, -0.2) is 60.6 Å². The van der Waals surface area contributed by atoms with Crippen molar-refractivity contribution in [2.45, 2.75) is 12.8 Å². The summed E-state index contributed by atoms with van der Waals surface area (Å²) in [5, 5.41) is 2.74. The highest BCUT2D eigenvalue weighted by atomic mass is 79.9. The normalized spacial score (nSPS) is 11.0. The lowest BCUT2D eigenvalue weighted by Gasteiger charge is -2.29. The molecule has 0 aliphatic rings. The summed E-state index contributed by atoms with van der Waals surface area (Å²) in [5.74, 6) is -0.432. The molecular weight excluding hydrogens is 386 g/mol. The number of carbonyl (C=O) groups is 1. The number of aromatic nitrogens is 2. The lowest BCUT2D eigenvalue weighted by molar-refractivity contribution is -0.889. The van der Waals surface area contributed by atoms with E-state index in [1.54, 1.807) is 0 Å². The van der Waals surface area contributed by atoms with Crippen molar-refractivity contribution in [2.24, 2.45) is 5.73 Å². The van der Waals surface area contributed by atoms with Gasteiger partial charge in [-0.2, -0.15) is 0 Å². The van der Waals surface area contributed by atoms with Crippen LogP contribution in [0.4, 0.5) is 11.6 Å². The summed E-state index contributed by atoms with van der Waals surface area (Å²) < 4.78 is 0.796. The van der Waals surface area contributed by atoms with Crippen LogP contribution in [0.25, 0.3) is 0 Å². The number of hydrogen-bond acceptors (Lipinski definition) is 6. The van der Waals surface area contributed by atoms with Crippen LogP contribution < -0.4 is 39.5 Å². The topological polar surface area (TPSA) is 133 Å². The minimum atomic E-state index is -0.408. The molecule has 0 radical (unpaired) electrons. The number of unbranched alkanes of at least 4 members (excludes halogenated alkanes) is 1. The molecule has 0 aliphatic carbocycles. The predicted molar refractivity (Wildman–Crippen MR) is 88.3 cm³/mol. The fourth-order valence-electron chi connectivity index (χ4n) is 1.96. The third-order valence-corrected chi connectivity index (χ3v) is 3.62. The minimum Gasteiger partial charge on any atom is -1.00 e. The fraction of sp³-hybridized carbons (Fsp3) is 0.615. The molecule has 132 valence electrons. The lowest BCUT2D eigenvalue weighted by atomic mass is 10.2. The van der Waals surface area contributed by atoms with E-state index in [1.165, 1.54) is 0 Å². The number of quaternary nitrogens is 1. The first-order valence-corrected chi connectivity index (χ1v) is 7.53. The van der Waals surface area contributed by atoms with Crippen molar-refractivity contribution < 1.29 is 26.3 Å². The van der Waals surface area contributed by atoms with Crippen LogP contribution in [0.3, 0.4) is 0 Å². The second-order valence-electron chi connectivity index (χ2n) is 5.77. The lowest BCUT2D eigenvalue weighted by Crippen LogP contribution is -3.00. The first-order valence-electron chi connectivity index (χ1n) is 7.15. The van der Waals surface area contributed by atoms with Crippen molar-refractivity contribution in [2.75, 3.05) is 51.7 Å². The Hall–Kier alpha value is -1.16. The Morgan fingerprint density at radius 1 is 1.17 bits per heavy atom. The first kappa shape index (κ1) is 21.8. The highest BCUT2D eigenvalue weighted by Gasteiger charge is 2.18.